The third-order valence-corrected chi connectivity index (χ3v) is 4.57. The van der Waals surface area contributed by atoms with Gasteiger partial charge in [-0.15, -0.1) is 0 Å². The quantitative estimate of drug-likeness (QED) is 0.777. The zero-order chi connectivity index (χ0) is 16.5. The molecule has 24 heavy (non-hydrogen) atoms. The van der Waals surface area contributed by atoms with Gasteiger partial charge in [-0.3, -0.25) is 9.59 Å². The number of aromatic amines is 1. The van der Waals surface area contributed by atoms with E-state index >= 15 is 0 Å². The van der Waals surface area contributed by atoms with Crippen molar-refractivity contribution in [3.05, 3.63) is 75.7 Å². The van der Waals surface area contributed by atoms with Crippen molar-refractivity contribution in [2.24, 2.45) is 0 Å². The van der Waals surface area contributed by atoms with Crippen molar-refractivity contribution in [2.75, 3.05) is 0 Å². The van der Waals surface area contributed by atoms with E-state index in [1.165, 1.54) is 11.1 Å². The molecule has 0 saturated heterocycles. The summed E-state index contributed by atoms with van der Waals surface area (Å²) in [5.74, 6) is -0.0820. The topological polar surface area (TPSA) is 74.8 Å². The predicted molar refractivity (Wildman–Crippen MR) is 91.7 cm³/mol. The van der Waals surface area contributed by atoms with Crippen LogP contribution in [0.4, 0.5) is 0 Å². The maximum absolute atomic E-state index is 12.5. The molecule has 1 amide bonds. The molecular weight excluding hydrogens is 302 g/mol. The highest BCUT2D eigenvalue weighted by Gasteiger charge is 2.23. The van der Waals surface area contributed by atoms with Crippen LogP contribution in [0.5, 0.6) is 0 Å². The van der Waals surface area contributed by atoms with Gasteiger partial charge in [-0.1, -0.05) is 42.5 Å². The number of amides is 1. The van der Waals surface area contributed by atoms with Gasteiger partial charge in [0.2, 0.25) is 5.91 Å². The molecule has 0 aliphatic heterocycles. The zero-order valence-electron chi connectivity index (χ0n) is 13.1. The van der Waals surface area contributed by atoms with Crippen molar-refractivity contribution < 1.29 is 4.79 Å². The lowest BCUT2D eigenvalue weighted by Crippen LogP contribution is -2.29. The van der Waals surface area contributed by atoms with Crippen molar-refractivity contribution in [3.8, 4) is 0 Å². The first kappa shape index (κ1) is 14.6. The number of H-pyrrole nitrogens is 1. The van der Waals surface area contributed by atoms with Crippen molar-refractivity contribution in [1.29, 1.82) is 0 Å². The number of hydrogen-bond donors (Lipinski definition) is 2. The number of hydrogen-bond acceptors (Lipinski definition) is 3. The van der Waals surface area contributed by atoms with Crippen molar-refractivity contribution in [1.82, 2.24) is 15.5 Å². The van der Waals surface area contributed by atoms with Gasteiger partial charge >= 0.3 is 0 Å². The Morgan fingerprint density at radius 2 is 1.88 bits per heavy atom. The highest BCUT2D eigenvalue weighted by molar-refractivity contribution is 5.88. The van der Waals surface area contributed by atoms with Crippen LogP contribution < -0.4 is 10.9 Å². The van der Waals surface area contributed by atoms with Crippen LogP contribution in [0.25, 0.3) is 10.8 Å². The predicted octanol–water partition coefficient (Wildman–Crippen LogP) is 2.27. The Morgan fingerprint density at radius 1 is 1.12 bits per heavy atom. The summed E-state index contributed by atoms with van der Waals surface area (Å²) in [5.41, 5.74) is 2.86. The number of fused-ring (bicyclic) bond motifs is 2. The molecule has 0 spiro atoms. The Hall–Kier alpha value is -2.95. The third-order valence-electron chi connectivity index (χ3n) is 4.57. The van der Waals surface area contributed by atoms with Gasteiger partial charge < -0.3 is 5.32 Å². The second kappa shape index (κ2) is 5.92. The standard InChI is InChI=1S/C19H17N3O2/c23-18(20-16-10-9-12-5-1-2-6-13(12)16)11-17-14-7-3-4-8-15(14)19(24)22-21-17/h1-8,16H,9-11H2,(H,20,23)(H,22,24)/t16-/m1/s1. The molecule has 1 heterocycles. The molecule has 1 aliphatic rings. The molecular formula is C19H17N3O2. The van der Waals surface area contributed by atoms with E-state index in [2.05, 4.69) is 27.6 Å². The number of nitrogens with zero attached hydrogens (tertiary/aromatic N) is 1. The molecule has 5 heteroatoms. The van der Waals surface area contributed by atoms with Crippen LogP contribution >= 0.6 is 0 Å². The second-order valence-electron chi connectivity index (χ2n) is 6.08. The van der Waals surface area contributed by atoms with Gasteiger partial charge in [0.25, 0.3) is 5.56 Å². The molecule has 2 N–H and O–H groups in total. The lowest BCUT2D eigenvalue weighted by atomic mass is 10.1. The molecule has 3 aromatic rings. The normalized spacial score (nSPS) is 16.1. The molecule has 1 aliphatic carbocycles. The van der Waals surface area contributed by atoms with Crippen LogP contribution in [0.3, 0.4) is 0 Å². The lowest BCUT2D eigenvalue weighted by Gasteiger charge is -2.14. The van der Waals surface area contributed by atoms with Crippen LogP contribution in [0, 0.1) is 0 Å². The molecule has 120 valence electrons. The van der Waals surface area contributed by atoms with Crippen molar-refractivity contribution >= 4 is 16.7 Å². The van der Waals surface area contributed by atoms with E-state index in [1.807, 2.05) is 24.3 Å². The molecule has 0 bridgehead atoms. The number of aromatic nitrogens is 2. The summed E-state index contributed by atoms with van der Waals surface area (Å²) in [4.78, 5) is 24.3. The highest BCUT2D eigenvalue weighted by atomic mass is 16.1. The molecule has 4 rings (SSSR count). The number of rotatable bonds is 3. The van der Waals surface area contributed by atoms with E-state index in [9.17, 15) is 9.59 Å². The first-order valence-electron chi connectivity index (χ1n) is 8.06. The minimum Gasteiger partial charge on any atom is -0.349 e. The Kier molecular flexibility index (Phi) is 3.61. The Labute approximate surface area is 138 Å². The summed E-state index contributed by atoms with van der Waals surface area (Å²) in [6.45, 7) is 0. The summed E-state index contributed by atoms with van der Waals surface area (Å²) in [6, 6.07) is 15.5. The van der Waals surface area contributed by atoms with Gasteiger partial charge in [-0.25, -0.2) is 5.10 Å². The molecule has 5 nitrogen and oxygen atoms in total. The monoisotopic (exact) mass is 319 g/mol. The fourth-order valence-corrected chi connectivity index (χ4v) is 3.41. The summed E-state index contributed by atoms with van der Waals surface area (Å²) in [7, 11) is 0. The van der Waals surface area contributed by atoms with Gasteiger partial charge in [0.15, 0.2) is 0 Å². The molecule has 0 unspecified atom stereocenters. The largest absolute Gasteiger partial charge is 0.349 e. The lowest BCUT2D eigenvalue weighted by molar-refractivity contribution is -0.121. The number of nitrogens with one attached hydrogen (secondary N) is 2. The Bertz CT molecular complexity index is 978. The van der Waals surface area contributed by atoms with Crippen LogP contribution in [-0.2, 0) is 17.6 Å². The highest BCUT2D eigenvalue weighted by Crippen LogP contribution is 2.30. The molecule has 1 atom stereocenters. The number of aryl methyl sites for hydroxylation is 1. The number of carbonyl (C=O) groups is 1. The van der Waals surface area contributed by atoms with Gasteiger partial charge in [-0.05, 0) is 30.0 Å². The van der Waals surface area contributed by atoms with E-state index in [1.54, 1.807) is 12.1 Å². The smallest absolute Gasteiger partial charge is 0.272 e. The van der Waals surface area contributed by atoms with E-state index in [-0.39, 0.29) is 23.9 Å². The van der Waals surface area contributed by atoms with Gasteiger partial charge in [-0.2, -0.15) is 5.10 Å². The van der Waals surface area contributed by atoms with Gasteiger partial charge in [0.1, 0.15) is 0 Å². The van der Waals surface area contributed by atoms with E-state index in [0.29, 0.717) is 11.1 Å². The first-order valence-corrected chi connectivity index (χ1v) is 8.06. The Morgan fingerprint density at radius 3 is 2.75 bits per heavy atom. The molecule has 0 radical (unpaired) electrons. The molecule has 0 fully saturated rings. The maximum Gasteiger partial charge on any atom is 0.272 e. The summed E-state index contributed by atoms with van der Waals surface area (Å²) >= 11 is 0. The van der Waals surface area contributed by atoms with Crippen LogP contribution in [0.2, 0.25) is 0 Å². The van der Waals surface area contributed by atoms with Crippen LogP contribution in [0.15, 0.2) is 53.3 Å². The van der Waals surface area contributed by atoms with Crippen molar-refractivity contribution in [3.63, 3.8) is 0 Å². The fourth-order valence-electron chi connectivity index (χ4n) is 3.41. The van der Waals surface area contributed by atoms with Crippen molar-refractivity contribution in [2.45, 2.75) is 25.3 Å². The van der Waals surface area contributed by atoms with Gasteiger partial charge in [0.05, 0.1) is 23.5 Å². The van der Waals surface area contributed by atoms with E-state index < -0.39 is 0 Å². The van der Waals surface area contributed by atoms with E-state index in [0.717, 1.165) is 18.2 Å². The van der Waals surface area contributed by atoms with Crippen LogP contribution in [-0.4, -0.2) is 16.1 Å². The molecule has 0 saturated carbocycles. The maximum atomic E-state index is 12.5. The molecule has 1 aromatic heterocycles. The average Bonchev–Trinajstić information content (AvgIpc) is 3.01. The van der Waals surface area contributed by atoms with Gasteiger partial charge in [0, 0.05) is 5.39 Å². The number of carbonyl (C=O) groups excluding carboxylic acids is 1. The van der Waals surface area contributed by atoms with Crippen LogP contribution in [0.1, 0.15) is 29.3 Å². The SMILES string of the molecule is O=C(Cc1n[nH]c(=O)c2ccccc12)N[C@@H]1CCc2ccccc21. The first-order chi connectivity index (χ1) is 11.7. The fraction of sp³-hybridized carbons (Fsp3) is 0.211. The number of benzene rings is 2. The summed E-state index contributed by atoms with van der Waals surface area (Å²) in [6.07, 6.45) is 2.06. The average molecular weight is 319 g/mol. The summed E-state index contributed by atoms with van der Waals surface area (Å²) < 4.78 is 0. The zero-order valence-corrected chi connectivity index (χ0v) is 13.1. The van der Waals surface area contributed by atoms with E-state index in [4.69, 9.17) is 0 Å². The minimum absolute atomic E-state index is 0.0581. The Balaban J connectivity index is 1.56. The summed E-state index contributed by atoms with van der Waals surface area (Å²) in [5, 5.41) is 10.9. The minimum atomic E-state index is -0.237. The molecule has 2 aromatic carbocycles. The second-order valence-corrected chi connectivity index (χ2v) is 6.08. The third kappa shape index (κ3) is 2.58.